The van der Waals surface area contributed by atoms with E-state index < -0.39 is 0 Å². The van der Waals surface area contributed by atoms with Gasteiger partial charge >= 0.3 is 0 Å². The maximum Gasteiger partial charge on any atom is 0.286 e. The summed E-state index contributed by atoms with van der Waals surface area (Å²) in [5.74, 6) is 0.120. The number of rotatable bonds is 11. The lowest BCUT2D eigenvalue weighted by atomic mass is 10.2. The zero-order valence-electron chi connectivity index (χ0n) is 17.0. The highest BCUT2D eigenvalue weighted by atomic mass is 19.1. The number of benzene rings is 1. The first-order chi connectivity index (χ1) is 14.6. The van der Waals surface area contributed by atoms with Crippen molar-refractivity contribution in [2.45, 2.75) is 33.0 Å². The Kier molecular flexibility index (Phi) is 7.97. The Morgan fingerprint density at radius 1 is 1.03 bits per heavy atom. The van der Waals surface area contributed by atoms with Crippen molar-refractivity contribution in [1.82, 2.24) is 15.0 Å². The summed E-state index contributed by atoms with van der Waals surface area (Å²) < 4.78 is 19.7. The molecule has 3 rings (SSSR count). The first kappa shape index (κ1) is 21.5. The van der Waals surface area contributed by atoms with Gasteiger partial charge in [0.1, 0.15) is 18.2 Å². The SMILES string of the molecule is CCCNCCc1ccc(COn2ccc(OCc3ccc(F)cc3)cc2=O)nc1. The van der Waals surface area contributed by atoms with Crippen LogP contribution in [-0.2, 0) is 19.6 Å². The third kappa shape index (κ3) is 6.70. The predicted octanol–water partition coefficient (Wildman–Crippen LogP) is 3.13. The number of pyridine rings is 2. The maximum atomic E-state index is 12.9. The molecule has 6 nitrogen and oxygen atoms in total. The summed E-state index contributed by atoms with van der Waals surface area (Å²) in [5.41, 5.74) is 2.36. The molecule has 1 aromatic carbocycles. The van der Waals surface area contributed by atoms with Crippen LogP contribution in [0.15, 0.2) is 65.7 Å². The minimum absolute atomic E-state index is 0.185. The molecule has 2 heterocycles. The Morgan fingerprint density at radius 2 is 1.83 bits per heavy atom. The van der Waals surface area contributed by atoms with Crippen molar-refractivity contribution in [3.8, 4) is 5.75 Å². The van der Waals surface area contributed by atoms with Crippen LogP contribution < -0.4 is 20.5 Å². The highest BCUT2D eigenvalue weighted by Crippen LogP contribution is 2.10. The lowest BCUT2D eigenvalue weighted by Crippen LogP contribution is -2.25. The van der Waals surface area contributed by atoms with Crippen LogP contribution in [-0.4, -0.2) is 22.8 Å². The molecule has 0 aliphatic heterocycles. The fourth-order valence-corrected chi connectivity index (χ4v) is 2.75. The summed E-state index contributed by atoms with van der Waals surface area (Å²) in [6.45, 7) is 4.52. The molecule has 2 aromatic heterocycles. The van der Waals surface area contributed by atoms with E-state index in [0.29, 0.717) is 5.75 Å². The van der Waals surface area contributed by atoms with E-state index >= 15 is 0 Å². The van der Waals surface area contributed by atoms with E-state index in [9.17, 15) is 9.18 Å². The Hall–Kier alpha value is -3.19. The molecule has 0 fully saturated rings. The molecular weight excluding hydrogens is 385 g/mol. The Bertz CT molecular complexity index is 972. The van der Waals surface area contributed by atoms with Gasteiger partial charge in [0.2, 0.25) is 0 Å². The molecule has 0 saturated carbocycles. The van der Waals surface area contributed by atoms with Crippen LogP contribution in [0.4, 0.5) is 4.39 Å². The summed E-state index contributed by atoms with van der Waals surface area (Å²) >= 11 is 0. The zero-order chi connectivity index (χ0) is 21.2. The van der Waals surface area contributed by atoms with Gasteiger partial charge in [-0.15, -0.1) is 0 Å². The summed E-state index contributed by atoms with van der Waals surface area (Å²) in [5, 5.41) is 3.36. The van der Waals surface area contributed by atoms with Crippen molar-refractivity contribution < 1.29 is 14.0 Å². The maximum absolute atomic E-state index is 12.9. The smallest absolute Gasteiger partial charge is 0.286 e. The van der Waals surface area contributed by atoms with Gasteiger partial charge in [0.25, 0.3) is 5.56 Å². The minimum atomic E-state index is -0.342. The third-order valence-corrected chi connectivity index (χ3v) is 4.43. The van der Waals surface area contributed by atoms with Crippen molar-refractivity contribution in [3.63, 3.8) is 0 Å². The van der Waals surface area contributed by atoms with E-state index in [1.807, 2.05) is 18.3 Å². The van der Waals surface area contributed by atoms with E-state index in [1.54, 1.807) is 18.2 Å². The minimum Gasteiger partial charge on any atom is -0.489 e. The number of aromatic nitrogens is 2. The summed E-state index contributed by atoms with van der Waals surface area (Å²) in [6.07, 6.45) is 5.39. The zero-order valence-corrected chi connectivity index (χ0v) is 17.0. The predicted molar refractivity (Wildman–Crippen MR) is 113 cm³/mol. The molecule has 0 unspecified atom stereocenters. The van der Waals surface area contributed by atoms with Gasteiger partial charge in [0, 0.05) is 18.3 Å². The molecular formula is C23H26FN3O3. The number of nitrogens with zero attached hydrogens (tertiary/aromatic N) is 2. The van der Waals surface area contributed by atoms with Gasteiger partial charge in [-0.05, 0) is 55.3 Å². The quantitative estimate of drug-likeness (QED) is 0.491. The van der Waals surface area contributed by atoms with Gasteiger partial charge in [-0.3, -0.25) is 9.78 Å². The second kappa shape index (κ2) is 11.1. The van der Waals surface area contributed by atoms with Crippen molar-refractivity contribution in [1.29, 1.82) is 0 Å². The van der Waals surface area contributed by atoms with Gasteiger partial charge in [0.05, 0.1) is 11.9 Å². The highest BCUT2D eigenvalue weighted by molar-refractivity contribution is 5.20. The Morgan fingerprint density at radius 3 is 2.53 bits per heavy atom. The largest absolute Gasteiger partial charge is 0.489 e. The van der Waals surface area contributed by atoms with Gasteiger partial charge in [-0.1, -0.05) is 25.1 Å². The number of halogens is 1. The third-order valence-electron chi connectivity index (χ3n) is 4.43. The molecule has 158 valence electrons. The second-order valence-electron chi connectivity index (χ2n) is 6.87. The van der Waals surface area contributed by atoms with E-state index in [0.717, 1.165) is 47.5 Å². The topological polar surface area (TPSA) is 65.4 Å². The molecule has 0 aliphatic rings. The molecule has 0 atom stereocenters. The van der Waals surface area contributed by atoms with Crippen molar-refractivity contribution in [2.24, 2.45) is 0 Å². The van der Waals surface area contributed by atoms with Crippen molar-refractivity contribution in [3.05, 3.63) is 93.9 Å². The lowest BCUT2D eigenvalue weighted by Gasteiger charge is -2.10. The number of nitrogens with one attached hydrogen (secondary N) is 1. The number of hydrogen-bond acceptors (Lipinski definition) is 5. The molecule has 7 heteroatoms. The number of hydrogen-bond donors (Lipinski definition) is 1. The molecule has 1 N–H and O–H groups in total. The second-order valence-corrected chi connectivity index (χ2v) is 6.87. The van der Waals surface area contributed by atoms with Crippen LogP contribution in [0.1, 0.15) is 30.2 Å². The molecule has 0 bridgehead atoms. The van der Waals surface area contributed by atoms with Crippen molar-refractivity contribution >= 4 is 0 Å². The van der Waals surface area contributed by atoms with E-state index in [4.69, 9.17) is 9.57 Å². The van der Waals surface area contributed by atoms with E-state index in [1.165, 1.54) is 24.4 Å². The monoisotopic (exact) mass is 411 g/mol. The summed E-state index contributed by atoms with van der Waals surface area (Å²) in [6, 6.07) is 12.9. The molecule has 0 saturated heterocycles. The average molecular weight is 411 g/mol. The van der Waals surface area contributed by atoms with Crippen molar-refractivity contribution in [2.75, 3.05) is 13.1 Å². The van der Waals surface area contributed by atoms with Gasteiger partial charge in [0.15, 0.2) is 6.61 Å². The average Bonchev–Trinajstić information content (AvgIpc) is 2.76. The van der Waals surface area contributed by atoms with Gasteiger partial charge < -0.3 is 14.9 Å². The molecule has 0 aliphatic carbocycles. The molecule has 0 amide bonds. The fourth-order valence-electron chi connectivity index (χ4n) is 2.75. The first-order valence-electron chi connectivity index (χ1n) is 10.0. The molecule has 3 aromatic rings. The fraction of sp³-hybridized carbons (Fsp3) is 0.304. The van der Waals surface area contributed by atoms with Gasteiger partial charge in [-0.2, -0.15) is 4.73 Å². The standard InChI is InChI=1S/C23H26FN3O3/c1-2-11-25-12-9-18-5-8-21(26-15-18)17-30-27-13-10-22(14-23(27)28)29-16-19-3-6-20(24)7-4-19/h3-8,10,13-15,25H,2,9,11-12,16-17H2,1H3. The van der Waals surface area contributed by atoms with Crippen LogP contribution in [0.25, 0.3) is 0 Å². The summed E-state index contributed by atoms with van der Waals surface area (Å²) in [4.78, 5) is 22.2. The lowest BCUT2D eigenvalue weighted by molar-refractivity contribution is 0.0862. The van der Waals surface area contributed by atoms with Crippen LogP contribution in [0.2, 0.25) is 0 Å². The molecule has 30 heavy (non-hydrogen) atoms. The van der Waals surface area contributed by atoms with Crippen LogP contribution >= 0.6 is 0 Å². The van der Waals surface area contributed by atoms with E-state index in [2.05, 4.69) is 17.2 Å². The van der Waals surface area contributed by atoms with Crippen LogP contribution in [0, 0.1) is 5.82 Å². The van der Waals surface area contributed by atoms with E-state index in [-0.39, 0.29) is 24.6 Å². The first-order valence-corrected chi connectivity index (χ1v) is 10.0. The van der Waals surface area contributed by atoms with Crippen LogP contribution in [0.5, 0.6) is 5.75 Å². The Balaban J connectivity index is 1.48. The number of ether oxygens (including phenoxy) is 1. The molecule has 0 radical (unpaired) electrons. The Labute approximate surface area is 175 Å². The van der Waals surface area contributed by atoms with Crippen LogP contribution in [0.3, 0.4) is 0 Å². The normalized spacial score (nSPS) is 10.7. The molecule has 0 spiro atoms. The van der Waals surface area contributed by atoms with Gasteiger partial charge in [-0.25, -0.2) is 4.39 Å². The summed E-state index contributed by atoms with van der Waals surface area (Å²) in [7, 11) is 0. The highest BCUT2D eigenvalue weighted by Gasteiger charge is 2.03.